The first kappa shape index (κ1) is 17.2. The van der Waals surface area contributed by atoms with Crippen LogP contribution in [0.5, 0.6) is 0 Å². The van der Waals surface area contributed by atoms with Crippen LogP contribution in [0.1, 0.15) is 51.4 Å². The van der Waals surface area contributed by atoms with Gasteiger partial charge in [0.05, 0.1) is 5.25 Å². The molecule has 0 amide bonds. The van der Waals surface area contributed by atoms with Crippen molar-refractivity contribution < 1.29 is 8.42 Å². The minimum absolute atomic E-state index is 0.132. The van der Waals surface area contributed by atoms with E-state index in [1.807, 2.05) is 0 Å². The van der Waals surface area contributed by atoms with Crippen LogP contribution in [-0.4, -0.2) is 57.5 Å². The predicted molar refractivity (Wildman–Crippen MR) is 88.3 cm³/mol. The van der Waals surface area contributed by atoms with Crippen molar-refractivity contribution in [2.24, 2.45) is 5.92 Å². The van der Waals surface area contributed by atoms with Crippen molar-refractivity contribution in [1.29, 1.82) is 0 Å². The smallest absolute Gasteiger partial charge is 0.150 e. The van der Waals surface area contributed by atoms with Gasteiger partial charge in [0.15, 0.2) is 0 Å². The van der Waals surface area contributed by atoms with Gasteiger partial charge in [-0.3, -0.25) is 0 Å². The summed E-state index contributed by atoms with van der Waals surface area (Å²) in [5.41, 5.74) is 0.207. The molecule has 0 saturated heterocycles. The lowest BCUT2D eigenvalue weighted by molar-refractivity contribution is 0.0658. The summed E-state index contributed by atoms with van der Waals surface area (Å²) in [6.45, 7) is 0. The van der Waals surface area contributed by atoms with Gasteiger partial charge in [-0.1, -0.05) is 19.3 Å². The zero-order valence-electron chi connectivity index (χ0n) is 14.1. The molecule has 0 spiro atoms. The number of hydrogen-bond acceptors (Lipinski definition) is 4. The Morgan fingerprint density at radius 3 is 2.24 bits per heavy atom. The Balaban J connectivity index is 2.20. The Kier molecular flexibility index (Phi) is 5.37. The van der Waals surface area contributed by atoms with Crippen LogP contribution in [0.3, 0.4) is 0 Å². The van der Waals surface area contributed by atoms with Gasteiger partial charge in [0.25, 0.3) is 0 Å². The number of nitrogens with one attached hydrogen (secondary N) is 1. The lowest BCUT2D eigenvalue weighted by Gasteiger charge is -2.48. The molecule has 1 N–H and O–H groups in total. The van der Waals surface area contributed by atoms with Crippen LogP contribution in [0, 0.1) is 5.92 Å². The first-order chi connectivity index (χ1) is 9.81. The van der Waals surface area contributed by atoms with E-state index in [0.29, 0.717) is 12.0 Å². The van der Waals surface area contributed by atoms with Gasteiger partial charge in [0, 0.05) is 17.8 Å². The predicted octanol–water partition coefficient (Wildman–Crippen LogP) is 2.05. The van der Waals surface area contributed by atoms with E-state index in [2.05, 4.69) is 31.4 Å². The summed E-state index contributed by atoms with van der Waals surface area (Å²) in [5, 5.41) is 3.44. The van der Waals surface area contributed by atoms with Crippen LogP contribution in [0.15, 0.2) is 0 Å². The molecule has 2 rings (SSSR count). The van der Waals surface area contributed by atoms with Crippen molar-refractivity contribution >= 4 is 9.84 Å². The molecule has 124 valence electrons. The molecule has 2 fully saturated rings. The third kappa shape index (κ3) is 3.45. The Morgan fingerprint density at radius 1 is 1.14 bits per heavy atom. The minimum atomic E-state index is -2.91. The molecule has 0 aromatic heterocycles. The fourth-order valence-electron chi connectivity index (χ4n) is 4.84. The molecule has 0 bridgehead atoms. The van der Waals surface area contributed by atoms with Crippen molar-refractivity contribution in [3.8, 4) is 0 Å². The Bertz CT molecular complexity index is 441. The Morgan fingerprint density at radius 2 is 1.76 bits per heavy atom. The lowest BCUT2D eigenvalue weighted by Crippen LogP contribution is -2.60. The molecule has 21 heavy (non-hydrogen) atoms. The van der Waals surface area contributed by atoms with Crippen molar-refractivity contribution in [2.75, 3.05) is 27.4 Å². The second-order valence-electron chi connectivity index (χ2n) is 7.35. The highest BCUT2D eigenvalue weighted by molar-refractivity contribution is 7.91. The topological polar surface area (TPSA) is 49.4 Å². The normalized spacial score (nSPS) is 31.5. The van der Waals surface area contributed by atoms with Crippen LogP contribution in [-0.2, 0) is 9.84 Å². The number of nitrogens with zero attached hydrogens (tertiary/aromatic N) is 1. The van der Waals surface area contributed by atoms with E-state index in [9.17, 15) is 8.42 Å². The van der Waals surface area contributed by atoms with Crippen molar-refractivity contribution in [1.82, 2.24) is 10.2 Å². The largest absolute Gasteiger partial charge is 0.315 e. The van der Waals surface area contributed by atoms with E-state index in [0.717, 1.165) is 25.7 Å². The third-order valence-corrected chi connectivity index (χ3v) is 7.63. The van der Waals surface area contributed by atoms with Crippen molar-refractivity contribution in [3.63, 3.8) is 0 Å². The molecule has 2 saturated carbocycles. The maximum atomic E-state index is 11.9. The molecule has 3 unspecified atom stereocenters. The average Bonchev–Trinajstić information content (AvgIpc) is 2.90. The van der Waals surface area contributed by atoms with Gasteiger partial charge in [0.1, 0.15) is 9.84 Å². The second kappa shape index (κ2) is 6.55. The van der Waals surface area contributed by atoms with Crippen LogP contribution in [0.2, 0.25) is 0 Å². The van der Waals surface area contributed by atoms with Crippen molar-refractivity contribution in [2.45, 2.75) is 68.2 Å². The highest BCUT2D eigenvalue weighted by Gasteiger charge is 2.47. The first-order valence-corrected chi connectivity index (χ1v) is 10.3. The maximum absolute atomic E-state index is 11.9. The van der Waals surface area contributed by atoms with E-state index in [-0.39, 0.29) is 10.8 Å². The molecule has 0 radical (unpaired) electrons. The fourth-order valence-corrected chi connectivity index (χ4v) is 6.03. The standard InChI is InChI=1S/C16H32N2O2S/c1-17-15(16(18(2)3)10-5-6-11-16)13-8-7-9-14(12-13)21(4,19)20/h13-15,17H,5-12H2,1-4H3. The molecule has 4 nitrogen and oxygen atoms in total. The molecule has 5 heteroatoms. The molecule has 2 aliphatic carbocycles. The summed E-state index contributed by atoms with van der Waals surface area (Å²) in [5.74, 6) is 0.476. The van der Waals surface area contributed by atoms with E-state index in [1.54, 1.807) is 0 Å². The molecule has 3 atom stereocenters. The quantitative estimate of drug-likeness (QED) is 0.843. The molecule has 0 aromatic rings. The molecule has 0 heterocycles. The average molecular weight is 317 g/mol. The van der Waals surface area contributed by atoms with Gasteiger partial charge < -0.3 is 10.2 Å². The van der Waals surface area contributed by atoms with Crippen molar-refractivity contribution in [3.05, 3.63) is 0 Å². The highest BCUT2D eigenvalue weighted by atomic mass is 32.2. The maximum Gasteiger partial charge on any atom is 0.150 e. The van der Waals surface area contributed by atoms with Gasteiger partial charge >= 0.3 is 0 Å². The van der Waals surface area contributed by atoms with Crippen LogP contribution < -0.4 is 5.32 Å². The van der Waals surface area contributed by atoms with Gasteiger partial charge in [-0.15, -0.1) is 0 Å². The minimum Gasteiger partial charge on any atom is -0.315 e. The molecule has 0 aromatic carbocycles. The zero-order valence-corrected chi connectivity index (χ0v) is 14.9. The summed E-state index contributed by atoms with van der Waals surface area (Å²) in [4.78, 5) is 2.39. The summed E-state index contributed by atoms with van der Waals surface area (Å²) in [7, 11) is 3.52. The molecule has 2 aliphatic rings. The van der Waals surface area contributed by atoms with E-state index >= 15 is 0 Å². The summed E-state index contributed by atoms with van der Waals surface area (Å²) < 4.78 is 23.9. The van der Waals surface area contributed by atoms with Crippen LogP contribution in [0.4, 0.5) is 0 Å². The number of sulfone groups is 1. The van der Waals surface area contributed by atoms with E-state index in [1.165, 1.54) is 31.9 Å². The molecule has 0 aliphatic heterocycles. The van der Waals surface area contributed by atoms with Crippen LogP contribution >= 0.6 is 0 Å². The summed E-state index contributed by atoms with van der Waals surface area (Å²) >= 11 is 0. The highest BCUT2D eigenvalue weighted by Crippen LogP contribution is 2.43. The number of rotatable bonds is 5. The van der Waals surface area contributed by atoms with E-state index < -0.39 is 9.84 Å². The molecular formula is C16H32N2O2S. The molecular weight excluding hydrogens is 284 g/mol. The van der Waals surface area contributed by atoms with Crippen LogP contribution in [0.25, 0.3) is 0 Å². The summed E-state index contributed by atoms with van der Waals surface area (Å²) in [6.07, 6.45) is 10.3. The third-order valence-electron chi connectivity index (χ3n) is 5.99. The van der Waals surface area contributed by atoms with Gasteiger partial charge in [-0.2, -0.15) is 0 Å². The first-order valence-electron chi connectivity index (χ1n) is 8.35. The fraction of sp³-hybridized carbons (Fsp3) is 1.00. The van der Waals surface area contributed by atoms with E-state index in [4.69, 9.17) is 0 Å². The second-order valence-corrected chi connectivity index (χ2v) is 9.68. The number of likely N-dealkylation sites (N-methyl/N-ethyl adjacent to an activating group) is 2. The van der Waals surface area contributed by atoms with Gasteiger partial charge in [-0.25, -0.2) is 8.42 Å². The van der Waals surface area contributed by atoms with Gasteiger partial charge in [0.2, 0.25) is 0 Å². The number of hydrogen-bond donors (Lipinski definition) is 1. The summed E-state index contributed by atoms with van der Waals surface area (Å²) in [6, 6.07) is 0.402. The zero-order chi connectivity index (χ0) is 15.7. The lowest BCUT2D eigenvalue weighted by atomic mass is 9.73. The Hall–Kier alpha value is -0.130. The van der Waals surface area contributed by atoms with Gasteiger partial charge in [-0.05, 0) is 59.2 Å². The monoisotopic (exact) mass is 316 g/mol. The Labute approximate surface area is 130 Å². The SMILES string of the molecule is CNC(C1CCCC(S(C)(=O)=O)C1)C1(N(C)C)CCCC1.